The summed E-state index contributed by atoms with van der Waals surface area (Å²) in [5.74, 6) is 0. The summed E-state index contributed by atoms with van der Waals surface area (Å²) in [6.07, 6.45) is 0. The van der Waals surface area contributed by atoms with Crippen LogP contribution in [0, 0.1) is 41.7 Å². The van der Waals surface area contributed by atoms with Gasteiger partial charge in [0, 0.05) is 20.8 Å². The van der Waals surface area contributed by atoms with E-state index in [4.69, 9.17) is 35.0 Å². The van der Waals surface area contributed by atoms with Crippen molar-refractivity contribution >= 4 is 20.8 Å². The Bertz CT molecular complexity index is 217. The van der Waals surface area contributed by atoms with Crippen molar-refractivity contribution in [3.8, 4) is 0 Å². The standard InChI is InChI=1S/Ce.H3N.2H2O4S.8H2O/c;;2*1-5(2,3)4;;;;;;;;/h;1H3;2*(H2,1,2,3,4);8*1H2/q+3;;;;;;;;;;;/p-3. The summed E-state index contributed by atoms with van der Waals surface area (Å²) in [6.45, 7) is 0. The van der Waals surface area contributed by atoms with Gasteiger partial charge in [0.05, 0.1) is 0 Å². The largest absolute Gasteiger partial charge is 3.00 e. The molecule has 0 bridgehead atoms. The second-order valence-corrected chi connectivity index (χ2v) is 2.45. The maximum Gasteiger partial charge on any atom is 3.00 e. The summed E-state index contributed by atoms with van der Waals surface area (Å²) in [5, 5.41) is 0. The van der Waals surface area contributed by atoms with E-state index in [0.717, 1.165) is 0 Å². The minimum absolute atomic E-state index is 0. The third kappa shape index (κ3) is 10300. The fraction of sp³-hybridized carbons (Fsp3) is 0. The van der Waals surface area contributed by atoms with Gasteiger partial charge in [0.25, 0.3) is 0 Å². The molecule has 0 amide bonds. The normalized spacial score (nSPS) is 5.80. The molecule has 0 spiro atoms. The van der Waals surface area contributed by atoms with Crippen LogP contribution in [-0.2, 0) is 20.8 Å². The molecule has 20 heteroatoms. The molecule has 0 aliphatic carbocycles. The molecule has 0 unspecified atom stereocenters. The smallest absolute Gasteiger partial charge is 0.759 e. The Morgan fingerprint density at radius 1 is 0.450 bits per heavy atom. The zero-order chi connectivity index (χ0) is 9.00. The van der Waals surface area contributed by atoms with E-state index in [-0.39, 0.29) is 91.7 Å². The first kappa shape index (κ1) is 106. The monoisotopic (exact) mass is 494 g/mol. The van der Waals surface area contributed by atoms with Gasteiger partial charge in [-0.25, -0.2) is 0 Å². The predicted octanol–water partition coefficient (Wildman–Crippen LogP) is -8.90. The van der Waals surface area contributed by atoms with Crippen LogP contribution in [0.15, 0.2) is 0 Å². The van der Waals surface area contributed by atoms with E-state index in [1.54, 1.807) is 0 Å². The zero-order valence-corrected chi connectivity index (χ0v) is 14.4. The van der Waals surface area contributed by atoms with Gasteiger partial charge in [-0.15, -0.1) is 0 Å². The van der Waals surface area contributed by atoms with E-state index in [0.29, 0.717) is 0 Å². The van der Waals surface area contributed by atoms with Crippen LogP contribution >= 0.6 is 0 Å². The van der Waals surface area contributed by atoms with Crippen molar-refractivity contribution in [3.05, 3.63) is 0 Å². The maximum atomic E-state index is 8.52. The van der Waals surface area contributed by atoms with Crippen LogP contribution in [0.3, 0.4) is 0 Å². The van der Waals surface area contributed by atoms with Crippen LogP contribution in [-0.4, -0.2) is 78.9 Å². The van der Waals surface area contributed by atoms with Gasteiger partial charge in [0.2, 0.25) is 0 Å². The molecule has 17 nitrogen and oxygen atoms in total. The summed E-state index contributed by atoms with van der Waals surface area (Å²) in [6, 6.07) is 0. The van der Waals surface area contributed by atoms with Gasteiger partial charge < -0.3 is 68.2 Å². The molecular weight excluding hydrogens is 474 g/mol. The van der Waals surface area contributed by atoms with Gasteiger partial charge in [-0.2, -0.15) is 0 Å². The number of rotatable bonds is 0. The zero-order valence-electron chi connectivity index (χ0n) is 9.58. The Hall–Kier alpha value is 0.757. The molecule has 20 heavy (non-hydrogen) atoms. The van der Waals surface area contributed by atoms with Gasteiger partial charge in [-0.05, 0) is 0 Å². The predicted molar refractivity (Wildman–Crippen MR) is 55.8 cm³/mol. The van der Waals surface area contributed by atoms with Crippen molar-refractivity contribution < 1.29 is 121 Å². The van der Waals surface area contributed by atoms with Crippen LogP contribution in [0.1, 0.15) is 0 Å². The van der Waals surface area contributed by atoms with Crippen LogP contribution in [0.2, 0.25) is 0 Å². The molecule has 0 aromatic rings. The Balaban J connectivity index is -0.00000000427. The molecule has 20 N–H and O–H groups in total. The molecule has 0 fully saturated rings. The van der Waals surface area contributed by atoms with E-state index in [1.165, 1.54) is 0 Å². The molecule has 0 saturated carbocycles. The number of hydrogen-bond donors (Lipinski definition) is 1. The molecule has 0 aromatic heterocycles. The Morgan fingerprint density at radius 2 is 0.450 bits per heavy atom. The van der Waals surface area contributed by atoms with E-state index < -0.39 is 20.8 Å². The molecule has 0 aliphatic heterocycles. The van der Waals surface area contributed by atoms with Gasteiger partial charge in [-0.1, -0.05) is 0 Å². The second kappa shape index (κ2) is 42.7. The van der Waals surface area contributed by atoms with Crippen LogP contribution in [0.5, 0.6) is 0 Å². The number of hydrogen-bond acceptors (Lipinski definition) is 8. The minimum atomic E-state index is -5.17. The number of quaternary nitrogens is 1. The van der Waals surface area contributed by atoms with Crippen molar-refractivity contribution in [2.45, 2.75) is 0 Å². The van der Waals surface area contributed by atoms with Gasteiger partial charge in [0.1, 0.15) is 0 Å². The third-order valence-corrected chi connectivity index (χ3v) is 0. The summed E-state index contributed by atoms with van der Waals surface area (Å²) in [7, 11) is -10.3. The molecule has 0 saturated heterocycles. The summed E-state index contributed by atoms with van der Waals surface area (Å²) >= 11 is 0. The molecule has 0 atom stereocenters. The average Bonchev–Trinajstić information content (AvgIpc) is 1.12. The first-order valence-corrected chi connectivity index (χ1v) is 4.00. The van der Waals surface area contributed by atoms with E-state index in [2.05, 4.69) is 0 Å². The SMILES string of the molecule is O.O.O.O.O.O.O.O.O=S(=O)([O-])[O-].O=S(=O)([O-])[O-].[Ce+3].[NH4+]. The second-order valence-electron chi connectivity index (χ2n) is 0.816. The van der Waals surface area contributed by atoms with Gasteiger partial charge in [0.15, 0.2) is 0 Å². The molecule has 0 aromatic carbocycles. The van der Waals surface area contributed by atoms with Gasteiger partial charge >= 0.3 is 41.7 Å². The minimum Gasteiger partial charge on any atom is -0.759 e. The Morgan fingerprint density at radius 3 is 0.450 bits per heavy atom. The van der Waals surface area contributed by atoms with E-state index in [9.17, 15) is 0 Å². The van der Waals surface area contributed by atoms with Crippen LogP contribution in [0.25, 0.3) is 0 Å². The molecular formula is H20CeNO16S2. The van der Waals surface area contributed by atoms with Crippen molar-refractivity contribution in [3.63, 3.8) is 0 Å². The first-order chi connectivity index (χ1) is 4.00. The summed E-state index contributed by atoms with van der Waals surface area (Å²) in [4.78, 5) is 0. The fourth-order valence-corrected chi connectivity index (χ4v) is 0. The molecule has 137 valence electrons. The van der Waals surface area contributed by atoms with Crippen LogP contribution in [0.4, 0.5) is 0 Å². The van der Waals surface area contributed by atoms with Crippen molar-refractivity contribution in [1.29, 1.82) is 0 Å². The van der Waals surface area contributed by atoms with Crippen LogP contribution < -0.4 is 6.15 Å². The first-order valence-electron chi connectivity index (χ1n) is 1.33. The summed E-state index contributed by atoms with van der Waals surface area (Å²) < 4.78 is 68.2. The van der Waals surface area contributed by atoms with Crippen molar-refractivity contribution in [2.75, 3.05) is 0 Å². The van der Waals surface area contributed by atoms with Gasteiger partial charge in [-0.3, -0.25) is 16.8 Å². The summed E-state index contributed by atoms with van der Waals surface area (Å²) in [5.41, 5.74) is 0. The molecule has 1 radical (unpaired) electrons. The van der Waals surface area contributed by atoms with E-state index >= 15 is 0 Å². The molecule has 0 aliphatic rings. The quantitative estimate of drug-likeness (QED) is 0.248. The van der Waals surface area contributed by atoms with Crippen molar-refractivity contribution in [1.82, 2.24) is 6.15 Å². The Kier molecular flexibility index (Phi) is 226. The fourth-order valence-electron chi connectivity index (χ4n) is 0. The topological polar surface area (TPSA) is 449 Å². The Labute approximate surface area is 147 Å². The maximum absolute atomic E-state index is 8.52. The third-order valence-electron chi connectivity index (χ3n) is 0. The molecule has 0 rings (SSSR count). The van der Waals surface area contributed by atoms with Crippen molar-refractivity contribution in [2.24, 2.45) is 0 Å². The van der Waals surface area contributed by atoms with E-state index in [1.807, 2.05) is 0 Å². The molecule has 0 heterocycles. The average molecular weight is 494 g/mol.